The fraction of sp³-hybridized carbons (Fsp3) is 0.294. The highest BCUT2D eigenvalue weighted by atomic mass is 32.1. The van der Waals surface area contributed by atoms with Crippen LogP contribution in [0.4, 0.5) is 0 Å². The zero-order chi connectivity index (χ0) is 18.0. The Morgan fingerprint density at radius 2 is 1.92 bits per heavy atom. The third-order valence-corrected chi connectivity index (χ3v) is 4.59. The standard InChI is InChI=1S/C17H18N2O5S/c1-10(20)19-17(13-6-5-9-25-13)24-16(18-19)11-7-8-12(21-2)15(23-4)14(11)22-3/h5-9,17H,1-4H3/t17-/m0/s1. The van der Waals surface area contributed by atoms with Gasteiger partial charge in [0.25, 0.3) is 0 Å². The number of carbonyl (C=O) groups excluding carboxylic acids is 1. The number of thiophene rings is 1. The quantitative estimate of drug-likeness (QED) is 0.818. The molecule has 1 aliphatic heterocycles. The predicted molar refractivity (Wildman–Crippen MR) is 93.3 cm³/mol. The third kappa shape index (κ3) is 3.00. The molecule has 132 valence electrons. The molecular weight excluding hydrogens is 344 g/mol. The molecule has 0 bridgehead atoms. The van der Waals surface area contributed by atoms with Crippen LogP contribution in [0.15, 0.2) is 34.7 Å². The Balaban J connectivity index is 2.05. The maximum absolute atomic E-state index is 12.0. The van der Waals surface area contributed by atoms with E-state index < -0.39 is 6.23 Å². The van der Waals surface area contributed by atoms with Gasteiger partial charge in [0.05, 0.1) is 31.8 Å². The van der Waals surface area contributed by atoms with Gasteiger partial charge < -0.3 is 18.9 Å². The van der Waals surface area contributed by atoms with Crippen LogP contribution in [0.25, 0.3) is 0 Å². The summed E-state index contributed by atoms with van der Waals surface area (Å²) in [6.45, 7) is 1.45. The minimum atomic E-state index is -0.592. The van der Waals surface area contributed by atoms with Crippen molar-refractivity contribution < 1.29 is 23.7 Å². The summed E-state index contributed by atoms with van der Waals surface area (Å²) in [5.41, 5.74) is 0.574. The van der Waals surface area contributed by atoms with Crippen LogP contribution < -0.4 is 14.2 Å². The van der Waals surface area contributed by atoms with E-state index in [1.807, 2.05) is 17.5 Å². The highest BCUT2D eigenvalue weighted by Crippen LogP contribution is 2.42. The largest absolute Gasteiger partial charge is 0.493 e. The number of hydrogen-bond acceptors (Lipinski definition) is 7. The van der Waals surface area contributed by atoms with E-state index in [1.54, 1.807) is 19.2 Å². The van der Waals surface area contributed by atoms with Crippen molar-refractivity contribution in [2.24, 2.45) is 5.10 Å². The zero-order valence-corrected chi connectivity index (χ0v) is 15.1. The average molecular weight is 362 g/mol. The van der Waals surface area contributed by atoms with Crippen molar-refractivity contribution in [3.05, 3.63) is 40.1 Å². The molecule has 3 rings (SSSR count). The molecule has 0 aliphatic carbocycles. The van der Waals surface area contributed by atoms with Crippen molar-refractivity contribution in [2.75, 3.05) is 21.3 Å². The number of amides is 1. The number of carbonyl (C=O) groups is 1. The van der Waals surface area contributed by atoms with Gasteiger partial charge in [-0.1, -0.05) is 6.07 Å². The number of rotatable bonds is 5. The first-order chi connectivity index (χ1) is 12.1. The van der Waals surface area contributed by atoms with E-state index in [2.05, 4.69) is 5.10 Å². The first-order valence-corrected chi connectivity index (χ1v) is 8.36. The minimum absolute atomic E-state index is 0.215. The summed E-state index contributed by atoms with van der Waals surface area (Å²) in [5.74, 6) is 1.46. The minimum Gasteiger partial charge on any atom is -0.493 e. The van der Waals surface area contributed by atoms with Crippen LogP contribution in [-0.2, 0) is 9.53 Å². The second kappa shape index (κ2) is 7.02. The van der Waals surface area contributed by atoms with Crippen molar-refractivity contribution in [1.29, 1.82) is 0 Å². The summed E-state index contributed by atoms with van der Waals surface area (Å²) in [4.78, 5) is 12.9. The molecule has 7 nitrogen and oxygen atoms in total. The molecule has 0 spiro atoms. The zero-order valence-electron chi connectivity index (χ0n) is 14.3. The van der Waals surface area contributed by atoms with Crippen LogP contribution in [0.3, 0.4) is 0 Å². The van der Waals surface area contributed by atoms with E-state index >= 15 is 0 Å². The van der Waals surface area contributed by atoms with Gasteiger partial charge in [0.1, 0.15) is 0 Å². The summed E-state index contributed by atoms with van der Waals surface area (Å²) in [6.07, 6.45) is -0.592. The highest BCUT2D eigenvalue weighted by Gasteiger charge is 2.35. The Hall–Kier alpha value is -2.74. The molecule has 0 saturated heterocycles. The Morgan fingerprint density at radius 1 is 1.16 bits per heavy atom. The fourth-order valence-corrected chi connectivity index (χ4v) is 3.30. The van der Waals surface area contributed by atoms with E-state index in [-0.39, 0.29) is 11.8 Å². The van der Waals surface area contributed by atoms with Gasteiger partial charge in [-0.05, 0) is 23.6 Å². The van der Waals surface area contributed by atoms with E-state index in [0.29, 0.717) is 22.8 Å². The topological polar surface area (TPSA) is 69.6 Å². The molecule has 25 heavy (non-hydrogen) atoms. The van der Waals surface area contributed by atoms with Crippen molar-refractivity contribution in [3.8, 4) is 17.2 Å². The van der Waals surface area contributed by atoms with E-state index in [9.17, 15) is 4.79 Å². The summed E-state index contributed by atoms with van der Waals surface area (Å²) < 4.78 is 22.1. The van der Waals surface area contributed by atoms with Gasteiger partial charge in [-0.15, -0.1) is 16.4 Å². The molecule has 1 aromatic carbocycles. The lowest BCUT2D eigenvalue weighted by Gasteiger charge is -2.18. The van der Waals surface area contributed by atoms with Gasteiger partial charge in [-0.25, -0.2) is 0 Å². The number of benzene rings is 1. The van der Waals surface area contributed by atoms with Crippen LogP contribution in [-0.4, -0.2) is 38.1 Å². The van der Waals surface area contributed by atoms with Crippen molar-refractivity contribution in [3.63, 3.8) is 0 Å². The number of hydrogen-bond donors (Lipinski definition) is 0. The van der Waals surface area contributed by atoms with Gasteiger partial charge in [0.2, 0.25) is 23.8 Å². The molecule has 0 unspecified atom stereocenters. The van der Waals surface area contributed by atoms with E-state index in [1.165, 1.54) is 37.5 Å². The second-order valence-corrected chi connectivity index (χ2v) is 6.12. The molecule has 0 radical (unpaired) electrons. The van der Waals surface area contributed by atoms with Gasteiger partial charge in [-0.2, -0.15) is 5.01 Å². The number of nitrogens with zero attached hydrogens (tertiary/aromatic N) is 2. The van der Waals surface area contributed by atoms with Crippen LogP contribution in [0.5, 0.6) is 17.2 Å². The Bertz CT molecular complexity index is 804. The number of methoxy groups -OCH3 is 3. The normalized spacial score (nSPS) is 16.2. The molecular formula is C17H18N2O5S. The third-order valence-electron chi connectivity index (χ3n) is 3.69. The van der Waals surface area contributed by atoms with E-state index in [4.69, 9.17) is 18.9 Å². The molecule has 1 amide bonds. The summed E-state index contributed by atoms with van der Waals surface area (Å²) in [6, 6.07) is 7.29. The molecule has 2 aromatic rings. The highest BCUT2D eigenvalue weighted by molar-refractivity contribution is 7.10. The molecule has 8 heteroatoms. The van der Waals surface area contributed by atoms with Gasteiger partial charge >= 0.3 is 0 Å². The predicted octanol–water partition coefficient (Wildman–Crippen LogP) is 3.01. The molecule has 0 N–H and O–H groups in total. The summed E-state index contributed by atoms with van der Waals surface area (Å²) >= 11 is 1.49. The lowest BCUT2D eigenvalue weighted by molar-refractivity contribution is -0.135. The smallest absolute Gasteiger partial charge is 0.245 e. The SMILES string of the molecule is COc1ccc(C2=NN(C(C)=O)[C@H](c3cccs3)O2)c(OC)c1OC. The van der Waals surface area contributed by atoms with Crippen LogP contribution in [0.2, 0.25) is 0 Å². The molecule has 0 fully saturated rings. The first-order valence-electron chi connectivity index (χ1n) is 7.48. The van der Waals surface area contributed by atoms with Gasteiger partial charge in [0.15, 0.2) is 11.5 Å². The van der Waals surface area contributed by atoms with Crippen LogP contribution in [0.1, 0.15) is 23.6 Å². The fourth-order valence-electron chi connectivity index (χ4n) is 2.56. The summed E-state index contributed by atoms with van der Waals surface area (Å²) in [7, 11) is 4.60. The Labute approximate surface area is 149 Å². The van der Waals surface area contributed by atoms with Gasteiger partial charge in [-0.3, -0.25) is 4.79 Å². The number of hydrazone groups is 1. The number of ether oxygens (including phenoxy) is 4. The Morgan fingerprint density at radius 3 is 2.48 bits per heavy atom. The lowest BCUT2D eigenvalue weighted by Crippen LogP contribution is -2.24. The molecule has 2 heterocycles. The first kappa shape index (κ1) is 17.1. The molecule has 0 saturated carbocycles. The summed E-state index contributed by atoms with van der Waals surface area (Å²) in [5, 5.41) is 7.58. The van der Waals surface area contributed by atoms with Gasteiger partial charge in [0, 0.05) is 6.92 Å². The van der Waals surface area contributed by atoms with Crippen molar-refractivity contribution in [2.45, 2.75) is 13.2 Å². The van der Waals surface area contributed by atoms with E-state index in [0.717, 1.165) is 4.88 Å². The van der Waals surface area contributed by atoms with Crippen molar-refractivity contribution >= 4 is 23.1 Å². The maximum Gasteiger partial charge on any atom is 0.245 e. The monoisotopic (exact) mass is 362 g/mol. The molecule has 1 aromatic heterocycles. The maximum atomic E-state index is 12.0. The molecule has 1 aliphatic rings. The second-order valence-electron chi connectivity index (χ2n) is 5.14. The van der Waals surface area contributed by atoms with Crippen LogP contribution in [0, 0.1) is 0 Å². The molecule has 1 atom stereocenters. The Kier molecular flexibility index (Phi) is 4.80. The van der Waals surface area contributed by atoms with Crippen molar-refractivity contribution in [1.82, 2.24) is 5.01 Å². The lowest BCUT2D eigenvalue weighted by atomic mass is 10.1. The average Bonchev–Trinajstić information content (AvgIpc) is 3.29. The van der Waals surface area contributed by atoms with Crippen LogP contribution >= 0.6 is 11.3 Å².